The summed E-state index contributed by atoms with van der Waals surface area (Å²) in [5, 5.41) is 0. The van der Waals surface area contributed by atoms with Gasteiger partial charge in [-0.2, -0.15) is 0 Å². The first kappa shape index (κ1) is 32.5. The van der Waals surface area contributed by atoms with Gasteiger partial charge in [-0.25, -0.2) is 9.59 Å². The summed E-state index contributed by atoms with van der Waals surface area (Å²) >= 11 is 0. The highest BCUT2D eigenvalue weighted by atomic mass is 16.8. The Labute approximate surface area is 264 Å². The van der Waals surface area contributed by atoms with E-state index in [1.54, 1.807) is 81.4 Å². The van der Waals surface area contributed by atoms with Gasteiger partial charge in [0.1, 0.15) is 11.7 Å². The number of piperidine rings is 1. The van der Waals surface area contributed by atoms with E-state index in [1.807, 2.05) is 0 Å². The van der Waals surface area contributed by atoms with Crippen LogP contribution in [0.15, 0.2) is 60.7 Å². The average Bonchev–Trinajstić information content (AvgIpc) is 3.55. The fraction of sp³-hybridized carbons (Fsp3) is 0.543. The normalized spacial score (nSPS) is 22.0. The molecule has 2 aromatic rings. The van der Waals surface area contributed by atoms with Crippen molar-refractivity contribution in [3.8, 4) is 0 Å². The minimum Gasteiger partial charge on any atom is -0.460 e. The van der Waals surface area contributed by atoms with E-state index in [2.05, 4.69) is 0 Å². The van der Waals surface area contributed by atoms with Crippen LogP contribution in [-0.2, 0) is 43.7 Å². The quantitative estimate of drug-likeness (QED) is 0.146. The van der Waals surface area contributed by atoms with Crippen LogP contribution in [-0.4, -0.2) is 72.2 Å². The molecule has 242 valence electrons. The summed E-state index contributed by atoms with van der Waals surface area (Å²) in [7, 11) is 0. The highest BCUT2D eigenvalue weighted by molar-refractivity contribution is 5.88. The maximum absolute atomic E-state index is 14.4. The van der Waals surface area contributed by atoms with E-state index in [4.69, 9.17) is 23.7 Å². The molecule has 3 saturated heterocycles. The number of benzene rings is 2. The molecular weight excluding hydrogens is 578 g/mol. The van der Waals surface area contributed by atoms with Crippen LogP contribution >= 0.6 is 0 Å². The van der Waals surface area contributed by atoms with Gasteiger partial charge in [-0.1, -0.05) is 60.7 Å². The van der Waals surface area contributed by atoms with Crippen molar-refractivity contribution in [1.29, 1.82) is 0 Å². The van der Waals surface area contributed by atoms with Gasteiger partial charge < -0.3 is 28.2 Å². The second kappa shape index (κ2) is 13.6. The first-order chi connectivity index (χ1) is 21.5. The topological polar surface area (TPSA) is 114 Å². The number of rotatable bonds is 10. The van der Waals surface area contributed by atoms with Crippen molar-refractivity contribution in [3.63, 3.8) is 0 Å². The van der Waals surface area contributed by atoms with E-state index in [0.29, 0.717) is 23.2 Å². The van der Waals surface area contributed by atoms with Gasteiger partial charge >= 0.3 is 24.1 Å². The molecule has 45 heavy (non-hydrogen) atoms. The molecule has 10 nitrogen and oxygen atoms in total. The highest BCUT2D eigenvalue weighted by Gasteiger charge is 2.57. The van der Waals surface area contributed by atoms with Gasteiger partial charge in [0.05, 0.1) is 38.0 Å². The predicted molar refractivity (Wildman–Crippen MR) is 162 cm³/mol. The average molecular weight is 623 g/mol. The molecule has 0 aromatic heterocycles. The Kier molecular flexibility index (Phi) is 9.82. The minimum atomic E-state index is -1.96. The number of carbonyl (C=O) groups is 4. The second-order valence-electron chi connectivity index (χ2n) is 13.3. The lowest BCUT2D eigenvalue weighted by Crippen LogP contribution is -2.60. The lowest BCUT2D eigenvalue weighted by molar-refractivity contribution is -0.956. The largest absolute Gasteiger partial charge is 0.513 e. The van der Waals surface area contributed by atoms with Crippen LogP contribution in [0.5, 0.6) is 0 Å². The first-order valence-electron chi connectivity index (χ1n) is 15.9. The monoisotopic (exact) mass is 622 g/mol. The molecule has 5 rings (SSSR count). The van der Waals surface area contributed by atoms with Crippen LogP contribution < -0.4 is 0 Å². The molecule has 3 heterocycles. The molecule has 0 amide bonds. The molecule has 0 radical (unpaired) electrons. The molecule has 10 heteroatoms. The third-order valence-electron chi connectivity index (χ3n) is 9.26. The molecule has 3 fully saturated rings. The summed E-state index contributed by atoms with van der Waals surface area (Å²) in [6.07, 6.45) is 4.40. The Morgan fingerprint density at radius 3 is 1.80 bits per heavy atom. The van der Waals surface area contributed by atoms with Crippen molar-refractivity contribution in [1.82, 2.24) is 0 Å². The number of hydrogen-bond donors (Lipinski definition) is 0. The van der Waals surface area contributed by atoms with Gasteiger partial charge in [0.2, 0.25) is 6.79 Å². The molecule has 3 aliphatic heterocycles. The first-order valence-corrected chi connectivity index (χ1v) is 15.9. The molecule has 2 bridgehead atoms. The molecule has 0 aliphatic carbocycles. The molecule has 1 spiro atoms. The van der Waals surface area contributed by atoms with Crippen LogP contribution in [0.4, 0.5) is 4.79 Å². The molecule has 3 aliphatic rings. The number of ether oxygens (including phenoxy) is 5. The number of quaternary nitrogens is 1. The van der Waals surface area contributed by atoms with E-state index in [-0.39, 0.29) is 18.9 Å². The Morgan fingerprint density at radius 1 is 0.733 bits per heavy atom. The van der Waals surface area contributed by atoms with Crippen LogP contribution in [0, 0.1) is 0 Å². The van der Waals surface area contributed by atoms with Crippen molar-refractivity contribution in [2.24, 2.45) is 0 Å². The van der Waals surface area contributed by atoms with Crippen LogP contribution in [0.2, 0.25) is 0 Å². The maximum Gasteiger partial charge on any atom is 0.513 e. The van der Waals surface area contributed by atoms with Crippen LogP contribution in [0.3, 0.4) is 0 Å². The van der Waals surface area contributed by atoms with E-state index >= 15 is 0 Å². The molecule has 0 saturated carbocycles. The van der Waals surface area contributed by atoms with Gasteiger partial charge in [-0.3, -0.25) is 9.59 Å². The summed E-state index contributed by atoms with van der Waals surface area (Å²) in [5.74, 6) is -2.00. The summed E-state index contributed by atoms with van der Waals surface area (Å²) < 4.78 is 28.6. The van der Waals surface area contributed by atoms with E-state index in [9.17, 15) is 19.2 Å². The Balaban J connectivity index is 1.29. The molecule has 0 N–H and O–H groups in total. The maximum atomic E-state index is 14.4. The second-order valence-corrected chi connectivity index (χ2v) is 13.3. The number of nitrogens with zero attached hydrogens (tertiary/aromatic N) is 1. The van der Waals surface area contributed by atoms with Gasteiger partial charge in [-0.05, 0) is 20.8 Å². The lowest BCUT2D eigenvalue weighted by Gasteiger charge is -2.47. The number of carbonyl (C=O) groups excluding carboxylic acids is 4. The number of esters is 3. The summed E-state index contributed by atoms with van der Waals surface area (Å²) in [6.45, 7) is 6.84. The smallest absolute Gasteiger partial charge is 0.460 e. The minimum absolute atomic E-state index is 0.180. The lowest BCUT2D eigenvalue weighted by atomic mass is 9.85. The third-order valence-corrected chi connectivity index (χ3v) is 9.26. The number of hydrogen-bond acceptors (Lipinski definition) is 9. The molecule has 2 unspecified atom stereocenters. The molecule has 2 aromatic carbocycles. The van der Waals surface area contributed by atoms with Crippen LogP contribution in [0.25, 0.3) is 0 Å². The fourth-order valence-electron chi connectivity index (χ4n) is 7.42. The van der Waals surface area contributed by atoms with Crippen molar-refractivity contribution in [2.45, 2.75) is 102 Å². The van der Waals surface area contributed by atoms with Crippen molar-refractivity contribution in [3.05, 3.63) is 71.8 Å². The predicted octanol–water partition coefficient (Wildman–Crippen LogP) is 5.55. The van der Waals surface area contributed by atoms with Gasteiger partial charge in [0, 0.05) is 49.7 Å². The third kappa shape index (κ3) is 7.32. The van der Waals surface area contributed by atoms with E-state index < -0.39 is 42.1 Å². The summed E-state index contributed by atoms with van der Waals surface area (Å²) in [4.78, 5) is 51.6. The zero-order valence-electron chi connectivity index (χ0n) is 26.4. The van der Waals surface area contributed by atoms with Crippen molar-refractivity contribution in [2.75, 3.05) is 19.9 Å². The van der Waals surface area contributed by atoms with E-state index in [1.165, 1.54) is 25.9 Å². The zero-order valence-corrected chi connectivity index (χ0v) is 26.4. The Bertz CT molecular complexity index is 1290. The fourth-order valence-corrected chi connectivity index (χ4v) is 7.42. The Morgan fingerprint density at radius 2 is 1.27 bits per heavy atom. The van der Waals surface area contributed by atoms with E-state index in [0.717, 1.165) is 30.2 Å². The van der Waals surface area contributed by atoms with Gasteiger partial charge in [0.25, 0.3) is 5.60 Å². The Hall–Kier alpha value is -3.92. The van der Waals surface area contributed by atoms with Gasteiger partial charge in [-0.15, -0.1) is 0 Å². The summed E-state index contributed by atoms with van der Waals surface area (Å²) in [5.41, 5.74) is -1.84. The highest BCUT2D eigenvalue weighted by Crippen LogP contribution is 2.47. The SMILES string of the molecule is CC(C)(C)OC(=O)CCC(=O)OCOC(=O)OC(C(=O)OC1CC2CCC(C1)[N+]21CCCC1)(c1ccccc1)c1ccccc1. The van der Waals surface area contributed by atoms with Crippen molar-refractivity contribution >= 4 is 24.1 Å². The zero-order chi connectivity index (χ0) is 32.1. The standard InChI is InChI=1S/C35H44NO9/c1-34(2,3)44-31(38)19-18-30(37)41-24-42-33(40)45-35(25-12-6-4-7-13-25,26-14-8-5-9-15-26)32(39)43-29-22-27-16-17-28(23-29)36(27)20-10-11-21-36/h4-9,12-15,27-29H,10-11,16-24H2,1-3H3/q+1. The molecule has 2 atom stereocenters. The molecular formula is C35H44NO9+. The van der Waals surface area contributed by atoms with Crippen LogP contribution in [0.1, 0.15) is 83.3 Å². The van der Waals surface area contributed by atoms with Crippen molar-refractivity contribution < 1.29 is 47.3 Å². The van der Waals surface area contributed by atoms with Gasteiger partial charge in [0.15, 0.2) is 0 Å². The summed E-state index contributed by atoms with van der Waals surface area (Å²) in [6, 6.07) is 18.4.